The Kier molecular flexibility index (Phi) is 5.18. The molecule has 1 fully saturated rings. The maximum absolute atomic E-state index is 12.5. The van der Waals surface area contributed by atoms with E-state index in [-0.39, 0.29) is 11.9 Å². The molecule has 0 spiro atoms. The van der Waals surface area contributed by atoms with E-state index in [1.165, 1.54) is 11.3 Å². The average Bonchev–Trinajstić information content (AvgIpc) is 3.07. The average molecular weight is 353 g/mol. The largest absolute Gasteiger partial charge is 0.349 e. The van der Waals surface area contributed by atoms with Gasteiger partial charge in [-0.2, -0.15) is 0 Å². The Hall–Kier alpha value is -1.18. The third-order valence-corrected chi connectivity index (χ3v) is 6.51. The quantitative estimate of drug-likeness (QED) is 0.868. The number of thiophene rings is 1. The first-order valence-electron chi connectivity index (χ1n) is 8.30. The summed E-state index contributed by atoms with van der Waals surface area (Å²) in [6.45, 7) is 9.32. The van der Waals surface area contributed by atoms with Gasteiger partial charge in [-0.05, 0) is 46.2 Å². The fraction of sp³-hybridized carbons (Fsp3) is 0.625. The zero-order chi connectivity index (χ0) is 16.4. The van der Waals surface area contributed by atoms with Gasteiger partial charge in [-0.25, -0.2) is 4.98 Å². The van der Waals surface area contributed by atoms with Crippen LogP contribution in [0.15, 0.2) is 6.07 Å². The van der Waals surface area contributed by atoms with Gasteiger partial charge in [-0.15, -0.1) is 11.3 Å². The highest BCUT2D eigenvalue weighted by atomic mass is 32.1. The van der Waals surface area contributed by atoms with Crippen molar-refractivity contribution in [3.63, 3.8) is 0 Å². The van der Waals surface area contributed by atoms with Gasteiger partial charge >= 0.3 is 0 Å². The van der Waals surface area contributed by atoms with Crippen LogP contribution in [0.4, 0.5) is 5.13 Å². The number of fused-ring (bicyclic) bond motifs is 1. The Bertz CT molecular complexity index is 645. The molecule has 23 heavy (non-hydrogen) atoms. The lowest BCUT2D eigenvalue weighted by Gasteiger charge is -2.28. The van der Waals surface area contributed by atoms with Crippen LogP contribution in [0.5, 0.6) is 0 Å². The van der Waals surface area contributed by atoms with Crippen molar-refractivity contribution in [1.29, 1.82) is 0 Å². The molecule has 3 heterocycles. The Morgan fingerprint density at radius 1 is 1.43 bits per heavy atom. The summed E-state index contributed by atoms with van der Waals surface area (Å²) in [7, 11) is 0. The van der Waals surface area contributed by atoms with Crippen LogP contribution in [0.2, 0.25) is 0 Å². The number of hydrogen-bond acceptors (Lipinski definition) is 6. The van der Waals surface area contributed by atoms with Crippen LogP contribution in [-0.4, -0.2) is 42.6 Å². The fourth-order valence-electron chi connectivity index (χ4n) is 2.98. The van der Waals surface area contributed by atoms with E-state index in [2.05, 4.69) is 41.3 Å². The molecule has 1 amide bonds. The highest BCUT2D eigenvalue weighted by Gasteiger charge is 2.22. The minimum atomic E-state index is 0.0451. The number of hydrogen-bond donors (Lipinski definition) is 2. The number of aromatic nitrogens is 1. The topological polar surface area (TPSA) is 57.3 Å². The molecule has 0 saturated carbocycles. The van der Waals surface area contributed by atoms with Crippen molar-refractivity contribution in [3.8, 4) is 0 Å². The zero-order valence-corrected chi connectivity index (χ0v) is 15.5. The van der Waals surface area contributed by atoms with Gasteiger partial charge in [0, 0.05) is 25.2 Å². The standard InChI is InChI=1S/C16H24N4OS2/c1-4-20(5-2)16-19-15-13(23-16)9-12(22-15)14(21)18-11-6-7-17-10(3)8-11/h9-11,17H,4-8H2,1-3H3,(H,18,21). The normalized spacial score (nSPS) is 21.5. The van der Waals surface area contributed by atoms with Crippen molar-refractivity contribution in [1.82, 2.24) is 15.6 Å². The second kappa shape index (κ2) is 7.15. The lowest BCUT2D eigenvalue weighted by Crippen LogP contribution is -2.46. The fourth-order valence-corrected chi connectivity index (χ4v) is 5.23. The first kappa shape index (κ1) is 16.7. The number of nitrogens with zero attached hydrogens (tertiary/aromatic N) is 2. The minimum Gasteiger partial charge on any atom is -0.349 e. The highest BCUT2D eigenvalue weighted by Crippen LogP contribution is 2.34. The number of rotatable bonds is 5. The van der Waals surface area contributed by atoms with Crippen molar-refractivity contribution in [2.45, 2.75) is 45.7 Å². The molecular weight excluding hydrogens is 328 g/mol. The van der Waals surface area contributed by atoms with Crippen molar-refractivity contribution >= 4 is 43.2 Å². The Morgan fingerprint density at radius 3 is 2.87 bits per heavy atom. The molecule has 2 aromatic rings. The summed E-state index contributed by atoms with van der Waals surface area (Å²) in [6, 6.07) is 2.74. The summed E-state index contributed by atoms with van der Waals surface area (Å²) in [6.07, 6.45) is 2.00. The lowest BCUT2D eigenvalue weighted by atomic mass is 10.0. The summed E-state index contributed by atoms with van der Waals surface area (Å²) >= 11 is 3.17. The number of piperidine rings is 1. The number of amides is 1. The van der Waals surface area contributed by atoms with Gasteiger partial charge in [0.1, 0.15) is 4.83 Å². The van der Waals surface area contributed by atoms with E-state index >= 15 is 0 Å². The van der Waals surface area contributed by atoms with Gasteiger partial charge in [0.25, 0.3) is 5.91 Å². The van der Waals surface area contributed by atoms with Crippen molar-refractivity contribution in [2.24, 2.45) is 0 Å². The maximum atomic E-state index is 12.5. The summed E-state index contributed by atoms with van der Waals surface area (Å²) < 4.78 is 1.11. The predicted molar refractivity (Wildman–Crippen MR) is 99.0 cm³/mol. The summed E-state index contributed by atoms with van der Waals surface area (Å²) in [5, 5.41) is 7.63. The molecule has 0 aliphatic carbocycles. The van der Waals surface area contributed by atoms with Crippen LogP contribution in [0.1, 0.15) is 43.3 Å². The molecule has 2 unspecified atom stereocenters. The number of carbonyl (C=O) groups excluding carboxylic acids is 1. The molecular formula is C16H24N4OS2. The Labute approximate surface area is 145 Å². The molecule has 0 aromatic carbocycles. The molecule has 0 bridgehead atoms. The van der Waals surface area contributed by atoms with Crippen molar-refractivity contribution in [2.75, 3.05) is 24.5 Å². The van der Waals surface area contributed by atoms with Crippen molar-refractivity contribution < 1.29 is 4.79 Å². The van der Waals surface area contributed by atoms with Gasteiger partial charge in [-0.1, -0.05) is 11.3 Å². The van der Waals surface area contributed by atoms with E-state index in [1.807, 2.05) is 6.07 Å². The molecule has 2 N–H and O–H groups in total. The maximum Gasteiger partial charge on any atom is 0.261 e. The van der Waals surface area contributed by atoms with E-state index in [1.54, 1.807) is 11.3 Å². The second-order valence-corrected chi connectivity index (χ2v) is 8.04. The third kappa shape index (κ3) is 3.67. The Morgan fingerprint density at radius 2 is 2.22 bits per heavy atom. The van der Waals surface area contributed by atoms with Crippen LogP contribution >= 0.6 is 22.7 Å². The molecule has 5 nitrogen and oxygen atoms in total. The first-order chi connectivity index (χ1) is 11.1. The molecule has 2 aromatic heterocycles. The molecule has 3 rings (SSSR count). The number of nitrogens with one attached hydrogen (secondary N) is 2. The SMILES string of the molecule is CCN(CC)c1nc2sc(C(=O)NC3CCNC(C)C3)cc2s1. The molecule has 1 aliphatic heterocycles. The van der Waals surface area contributed by atoms with Gasteiger partial charge in [-0.3, -0.25) is 4.79 Å². The highest BCUT2D eigenvalue weighted by molar-refractivity contribution is 7.29. The smallest absolute Gasteiger partial charge is 0.261 e. The zero-order valence-electron chi connectivity index (χ0n) is 13.9. The lowest BCUT2D eigenvalue weighted by molar-refractivity contribution is 0.0930. The molecule has 126 valence electrons. The molecule has 1 aliphatic rings. The summed E-state index contributed by atoms with van der Waals surface area (Å²) in [4.78, 5) is 21.1. The number of thiazole rings is 1. The van der Waals surface area contributed by atoms with Gasteiger partial charge in [0.15, 0.2) is 5.13 Å². The number of carbonyl (C=O) groups is 1. The van der Waals surface area contributed by atoms with Crippen molar-refractivity contribution in [3.05, 3.63) is 10.9 Å². The second-order valence-electron chi connectivity index (χ2n) is 6.00. The summed E-state index contributed by atoms with van der Waals surface area (Å²) in [5.74, 6) is 0.0451. The molecule has 0 radical (unpaired) electrons. The molecule has 7 heteroatoms. The van der Waals surface area contributed by atoms with Gasteiger partial charge < -0.3 is 15.5 Å². The van der Waals surface area contributed by atoms with Gasteiger partial charge in [0.05, 0.1) is 9.58 Å². The van der Waals surface area contributed by atoms with Crippen LogP contribution in [0.3, 0.4) is 0 Å². The van der Waals surface area contributed by atoms with Crippen LogP contribution < -0.4 is 15.5 Å². The molecule has 1 saturated heterocycles. The third-order valence-electron chi connectivity index (χ3n) is 4.29. The van der Waals surface area contributed by atoms with E-state index in [9.17, 15) is 4.79 Å². The van der Waals surface area contributed by atoms with E-state index < -0.39 is 0 Å². The minimum absolute atomic E-state index is 0.0451. The van der Waals surface area contributed by atoms with Crippen LogP contribution in [-0.2, 0) is 0 Å². The monoisotopic (exact) mass is 352 g/mol. The van der Waals surface area contributed by atoms with E-state index in [0.29, 0.717) is 6.04 Å². The Balaban J connectivity index is 1.70. The van der Waals surface area contributed by atoms with E-state index in [4.69, 9.17) is 0 Å². The number of anilines is 1. The van der Waals surface area contributed by atoms with Crippen LogP contribution in [0.25, 0.3) is 9.53 Å². The predicted octanol–water partition coefficient (Wildman–Crippen LogP) is 3.07. The first-order valence-corrected chi connectivity index (χ1v) is 9.93. The summed E-state index contributed by atoms with van der Waals surface area (Å²) in [5.41, 5.74) is 0. The van der Waals surface area contributed by atoms with Crippen LogP contribution in [0, 0.1) is 0 Å². The van der Waals surface area contributed by atoms with Gasteiger partial charge in [0.2, 0.25) is 0 Å². The van der Waals surface area contributed by atoms with E-state index in [0.717, 1.165) is 52.0 Å². The molecule has 2 atom stereocenters.